The van der Waals surface area contributed by atoms with Crippen molar-refractivity contribution >= 4 is 0 Å². The summed E-state index contributed by atoms with van der Waals surface area (Å²) in [5, 5.41) is 0. The Morgan fingerprint density at radius 3 is 2.18 bits per heavy atom. The summed E-state index contributed by atoms with van der Waals surface area (Å²) in [5.41, 5.74) is 1.64. The van der Waals surface area contributed by atoms with Gasteiger partial charge in [-0.15, -0.1) is 0 Å². The summed E-state index contributed by atoms with van der Waals surface area (Å²) < 4.78 is 0. The highest BCUT2D eigenvalue weighted by Gasteiger charge is 2.32. The molecule has 2 aliphatic carbocycles. The highest BCUT2D eigenvalue weighted by atomic mass is 14.4. The number of rotatable bonds is 3. The zero-order chi connectivity index (χ0) is 12.3. The fraction of sp³-hybridized carbons (Fsp3) is 0.882. The third-order valence-electron chi connectivity index (χ3n) is 5.50. The zero-order valence-electron chi connectivity index (χ0n) is 11.9. The van der Waals surface area contributed by atoms with Gasteiger partial charge < -0.3 is 0 Å². The standard InChI is InChI=1S/C17H30/c1-4-15-10-6-8-12-17(15)14(3)16-11-7-5-9-13(16)2/h13,15-17H,3-12H2,1-2H3. The summed E-state index contributed by atoms with van der Waals surface area (Å²) in [6.07, 6.45) is 12.9. The molecule has 98 valence electrons. The van der Waals surface area contributed by atoms with Crippen LogP contribution in [0.5, 0.6) is 0 Å². The van der Waals surface area contributed by atoms with Gasteiger partial charge in [-0.2, -0.15) is 0 Å². The molecule has 2 fully saturated rings. The van der Waals surface area contributed by atoms with Crippen molar-refractivity contribution in [2.45, 2.75) is 71.6 Å². The molecule has 17 heavy (non-hydrogen) atoms. The van der Waals surface area contributed by atoms with Gasteiger partial charge in [0, 0.05) is 0 Å². The lowest BCUT2D eigenvalue weighted by atomic mass is 9.66. The maximum Gasteiger partial charge on any atom is -0.0175 e. The Kier molecular flexibility index (Phi) is 4.70. The maximum atomic E-state index is 4.55. The molecule has 0 aliphatic heterocycles. The van der Waals surface area contributed by atoms with Gasteiger partial charge in [0.1, 0.15) is 0 Å². The van der Waals surface area contributed by atoms with E-state index in [0.29, 0.717) is 0 Å². The molecule has 0 aromatic heterocycles. The minimum atomic E-state index is 0.848. The van der Waals surface area contributed by atoms with E-state index in [9.17, 15) is 0 Å². The van der Waals surface area contributed by atoms with Gasteiger partial charge in [0.15, 0.2) is 0 Å². The monoisotopic (exact) mass is 234 g/mol. The van der Waals surface area contributed by atoms with Crippen LogP contribution >= 0.6 is 0 Å². The molecule has 0 aromatic carbocycles. The Balaban J connectivity index is 2.01. The highest BCUT2D eigenvalue weighted by molar-refractivity contribution is 5.10. The van der Waals surface area contributed by atoms with E-state index in [0.717, 1.165) is 23.7 Å². The van der Waals surface area contributed by atoms with Crippen LogP contribution in [0.25, 0.3) is 0 Å². The van der Waals surface area contributed by atoms with Gasteiger partial charge in [-0.05, 0) is 42.9 Å². The Bertz CT molecular complexity index is 253. The molecule has 0 radical (unpaired) electrons. The molecule has 0 heteroatoms. The number of hydrogen-bond donors (Lipinski definition) is 0. The van der Waals surface area contributed by atoms with E-state index in [1.807, 2.05) is 0 Å². The van der Waals surface area contributed by atoms with Crippen LogP contribution in [0.4, 0.5) is 0 Å². The first kappa shape index (κ1) is 13.2. The van der Waals surface area contributed by atoms with E-state index in [4.69, 9.17) is 0 Å². The highest BCUT2D eigenvalue weighted by Crippen LogP contribution is 2.44. The first-order chi connectivity index (χ1) is 8.24. The van der Waals surface area contributed by atoms with Crippen molar-refractivity contribution in [2.75, 3.05) is 0 Å². The van der Waals surface area contributed by atoms with Crippen LogP contribution in [-0.2, 0) is 0 Å². The SMILES string of the molecule is C=C(C1CCCCC1C)C1CCCCC1CC. The van der Waals surface area contributed by atoms with Crippen molar-refractivity contribution in [3.63, 3.8) is 0 Å². The molecule has 4 atom stereocenters. The third kappa shape index (κ3) is 2.95. The zero-order valence-corrected chi connectivity index (χ0v) is 11.9. The molecule has 0 nitrogen and oxygen atoms in total. The fourth-order valence-corrected chi connectivity index (χ4v) is 4.33. The summed E-state index contributed by atoms with van der Waals surface area (Å²) in [4.78, 5) is 0. The Labute approximate surface area is 108 Å². The molecule has 2 aliphatic rings. The van der Waals surface area contributed by atoms with Crippen LogP contribution in [0.2, 0.25) is 0 Å². The molecule has 4 unspecified atom stereocenters. The molecule has 0 saturated heterocycles. The van der Waals surface area contributed by atoms with Gasteiger partial charge in [-0.25, -0.2) is 0 Å². The lowest BCUT2D eigenvalue weighted by Gasteiger charge is -2.39. The summed E-state index contributed by atoms with van der Waals surface area (Å²) >= 11 is 0. The Morgan fingerprint density at radius 1 is 0.941 bits per heavy atom. The van der Waals surface area contributed by atoms with Crippen LogP contribution in [0.15, 0.2) is 12.2 Å². The summed E-state index contributed by atoms with van der Waals surface area (Å²) in [6, 6.07) is 0. The fourth-order valence-electron chi connectivity index (χ4n) is 4.33. The van der Waals surface area contributed by atoms with E-state index in [1.165, 1.54) is 57.8 Å². The summed E-state index contributed by atoms with van der Waals surface area (Å²) in [5.74, 6) is 3.56. The van der Waals surface area contributed by atoms with Crippen molar-refractivity contribution < 1.29 is 0 Å². The lowest BCUT2D eigenvalue weighted by Crippen LogP contribution is -2.28. The van der Waals surface area contributed by atoms with Crippen molar-refractivity contribution in [3.05, 3.63) is 12.2 Å². The van der Waals surface area contributed by atoms with E-state index in [1.54, 1.807) is 5.57 Å². The van der Waals surface area contributed by atoms with Gasteiger partial charge in [-0.1, -0.05) is 64.5 Å². The summed E-state index contributed by atoms with van der Waals surface area (Å²) in [6.45, 7) is 9.38. The van der Waals surface area contributed by atoms with Crippen LogP contribution in [0.1, 0.15) is 71.6 Å². The summed E-state index contributed by atoms with van der Waals surface area (Å²) in [7, 11) is 0. The smallest absolute Gasteiger partial charge is 0.0175 e. The van der Waals surface area contributed by atoms with Crippen LogP contribution in [0.3, 0.4) is 0 Å². The second-order valence-corrected chi connectivity index (χ2v) is 6.50. The van der Waals surface area contributed by atoms with Crippen LogP contribution < -0.4 is 0 Å². The first-order valence-corrected chi connectivity index (χ1v) is 7.92. The molecule has 0 spiro atoms. The topological polar surface area (TPSA) is 0 Å². The van der Waals surface area contributed by atoms with Crippen LogP contribution in [-0.4, -0.2) is 0 Å². The number of allylic oxidation sites excluding steroid dienone is 1. The second kappa shape index (κ2) is 6.07. The predicted octanol–water partition coefficient (Wildman–Crippen LogP) is 5.59. The quantitative estimate of drug-likeness (QED) is 0.559. The van der Waals surface area contributed by atoms with Gasteiger partial charge >= 0.3 is 0 Å². The minimum Gasteiger partial charge on any atom is -0.0993 e. The van der Waals surface area contributed by atoms with Crippen molar-refractivity contribution in [3.8, 4) is 0 Å². The van der Waals surface area contributed by atoms with E-state index in [2.05, 4.69) is 20.4 Å². The van der Waals surface area contributed by atoms with Crippen molar-refractivity contribution in [1.82, 2.24) is 0 Å². The normalized spacial score (nSPS) is 38.9. The minimum absolute atomic E-state index is 0.848. The second-order valence-electron chi connectivity index (χ2n) is 6.50. The average molecular weight is 234 g/mol. The van der Waals surface area contributed by atoms with Crippen molar-refractivity contribution in [1.29, 1.82) is 0 Å². The van der Waals surface area contributed by atoms with E-state index >= 15 is 0 Å². The third-order valence-corrected chi connectivity index (χ3v) is 5.50. The van der Waals surface area contributed by atoms with Gasteiger partial charge in [0.25, 0.3) is 0 Å². The average Bonchev–Trinajstić information content (AvgIpc) is 2.38. The molecule has 0 N–H and O–H groups in total. The molecular formula is C17H30. The number of hydrogen-bond acceptors (Lipinski definition) is 0. The molecule has 0 amide bonds. The predicted molar refractivity (Wildman–Crippen MR) is 76.0 cm³/mol. The Morgan fingerprint density at radius 2 is 1.53 bits per heavy atom. The maximum absolute atomic E-state index is 4.55. The van der Waals surface area contributed by atoms with Crippen molar-refractivity contribution in [2.24, 2.45) is 23.7 Å². The van der Waals surface area contributed by atoms with Gasteiger partial charge in [0.05, 0.1) is 0 Å². The largest absolute Gasteiger partial charge is 0.0993 e. The molecule has 0 aromatic rings. The Hall–Kier alpha value is -0.260. The molecular weight excluding hydrogens is 204 g/mol. The lowest BCUT2D eigenvalue weighted by molar-refractivity contribution is 0.211. The first-order valence-electron chi connectivity index (χ1n) is 7.92. The molecule has 0 heterocycles. The van der Waals surface area contributed by atoms with Crippen LogP contribution in [0, 0.1) is 23.7 Å². The van der Waals surface area contributed by atoms with E-state index in [-0.39, 0.29) is 0 Å². The van der Waals surface area contributed by atoms with E-state index < -0.39 is 0 Å². The molecule has 0 bridgehead atoms. The molecule has 2 rings (SSSR count). The van der Waals surface area contributed by atoms with Gasteiger partial charge in [0.2, 0.25) is 0 Å². The molecule has 2 saturated carbocycles. The van der Waals surface area contributed by atoms with Gasteiger partial charge in [-0.3, -0.25) is 0 Å².